The summed E-state index contributed by atoms with van der Waals surface area (Å²) in [6, 6.07) is 15.3. The van der Waals surface area contributed by atoms with E-state index in [1.165, 1.54) is 12.0 Å². The van der Waals surface area contributed by atoms with Crippen molar-refractivity contribution in [1.29, 1.82) is 0 Å². The summed E-state index contributed by atoms with van der Waals surface area (Å²) in [5.74, 6) is 0.287. The number of carbonyl (C=O) groups is 2. The average Bonchev–Trinajstić information content (AvgIpc) is 3.29. The van der Waals surface area contributed by atoms with Gasteiger partial charge >= 0.3 is 0 Å². The minimum atomic E-state index is -0.665. The number of hydrogen-bond acceptors (Lipinski definition) is 3. The highest BCUT2D eigenvalue weighted by Crippen LogP contribution is 2.33. The molecule has 3 aromatic rings. The first-order valence-corrected chi connectivity index (χ1v) is 11.9. The lowest BCUT2D eigenvalue weighted by Gasteiger charge is -2.38. The smallest absolute Gasteiger partial charge is 0.249 e. The topological polar surface area (TPSA) is 67.2 Å². The van der Waals surface area contributed by atoms with E-state index in [0.29, 0.717) is 5.92 Å². The lowest BCUT2D eigenvalue weighted by molar-refractivity contribution is -0.129. The number of carbonyl (C=O) groups excluding carboxylic acids is 2. The van der Waals surface area contributed by atoms with Crippen molar-refractivity contribution >= 4 is 17.5 Å². The van der Waals surface area contributed by atoms with Crippen LogP contribution in [-0.4, -0.2) is 27.4 Å². The number of pyridine rings is 1. The summed E-state index contributed by atoms with van der Waals surface area (Å²) in [5, 5.41) is 3.28. The summed E-state index contributed by atoms with van der Waals surface area (Å²) in [6.45, 7) is 2.45. The number of amides is 2. The molecule has 0 radical (unpaired) electrons. The number of anilines is 1. The van der Waals surface area contributed by atoms with Crippen LogP contribution >= 0.6 is 0 Å². The molecule has 0 spiro atoms. The molecule has 2 aromatic heterocycles. The van der Waals surface area contributed by atoms with Gasteiger partial charge in [0.15, 0.2) is 6.04 Å². The summed E-state index contributed by atoms with van der Waals surface area (Å²) >= 11 is 0. The Labute approximate surface area is 194 Å². The van der Waals surface area contributed by atoms with Crippen LogP contribution < -0.4 is 10.2 Å². The quantitative estimate of drug-likeness (QED) is 0.642. The molecule has 0 bridgehead atoms. The molecule has 2 amide bonds. The maximum Gasteiger partial charge on any atom is 0.249 e. The van der Waals surface area contributed by atoms with Crippen molar-refractivity contribution in [2.75, 3.05) is 4.90 Å². The monoisotopic (exact) mass is 442 g/mol. The molecule has 33 heavy (non-hydrogen) atoms. The molecule has 0 unspecified atom stereocenters. The van der Waals surface area contributed by atoms with E-state index in [-0.39, 0.29) is 24.4 Å². The Kier molecular flexibility index (Phi) is 5.99. The van der Waals surface area contributed by atoms with Crippen LogP contribution in [0.2, 0.25) is 0 Å². The second-order valence-electron chi connectivity index (χ2n) is 9.30. The van der Waals surface area contributed by atoms with Crippen LogP contribution in [0.5, 0.6) is 0 Å². The zero-order chi connectivity index (χ0) is 22.8. The standard InChI is InChI=1S/C27H30N4O2/c1-19-5-2-3-6-23(19)29-27(33)26-24-7-4-16-30(24)18-25(32)31(26)22-10-8-20(9-11-22)17-21-12-14-28-15-13-21/h4,7-16,19,23,26H,2-3,5-6,17-18H2,1H3,(H,29,33)/t19-,23-,26+/m1/s1. The Morgan fingerprint density at radius 2 is 1.76 bits per heavy atom. The molecule has 2 aliphatic rings. The van der Waals surface area contributed by atoms with Crippen molar-refractivity contribution in [2.24, 2.45) is 5.92 Å². The van der Waals surface area contributed by atoms with Gasteiger partial charge in [-0.3, -0.25) is 19.5 Å². The lowest BCUT2D eigenvalue weighted by atomic mass is 9.85. The summed E-state index contributed by atoms with van der Waals surface area (Å²) in [6.07, 6.45) is 10.7. The molecule has 1 aliphatic carbocycles. The first kappa shape index (κ1) is 21.4. The third-order valence-corrected chi connectivity index (χ3v) is 7.04. The van der Waals surface area contributed by atoms with Crippen LogP contribution in [0.4, 0.5) is 5.69 Å². The van der Waals surface area contributed by atoms with Crippen molar-refractivity contribution < 1.29 is 9.59 Å². The van der Waals surface area contributed by atoms with E-state index in [9.17, 15) is 9.59 Å². The van der Waals surface area contributed by atoms with E-state index in [1.807, 2.05) is 59.3 Å². The van der Waals surface area contributed by atoms with Gasteiger partial charge in [0.05, 0.1) is 5.69 Å². The van der Waals surface area contributed by atoms with Crippen molar-refractivity contribution in [1.82, 2.24) is 14.9 Å². The maximum absolute atomic E-state index is 13.6. The Balaban J connectivity index is 1.42. The minimum Gasteiger partial charge on any atom is -0.351 e. The first-order chi connectivity index (χ1) is 16.1. The molecule has 6 heteroatoms. The summed E-state index contributed by atoms with van der Waals surface area (Å²) in [4.78, 5) is 32.6. The predicted molar refractivity (Wildman–Crippen MR) is 128 cm³/mol. The van der Waals surface area contributed by atoms with E-state index in [2.05, 4.69) is 17.2 Å². The van der Waals surface area contributed by atoms with E-state index in [0.717, 1.165) is 42.6 Å². The second kappa shape index (κ2) is 9.22. The summed E-state index contributed by atoms with van der Waals surface area (Å²) < 4.78 is 1.89. The molecule has 5 rings (SSSR count). The zero-order valence-corrected chi connectivity index (χ0v) is 19.0. The van der Waals surface area contributed by atoms with Gasteiger partial charge in [-0.15, -0.1) is 0 Å². The van der Waals surface area contributed by atoms with E-state index >= 15 is 0 Å². The summed E-state index contributed by atoms with van der Waals surface area (Å²) in [5.41, 5.74) is 3.94. The number of nitrogens with zero attached hydrogens (tertiary/aromatic N) is 3. The van der Waals surface area contributed by atoms with Crippen LogP contribution in [0, 0.1) is 5.92 Å². The fraction of sp³-hybridized carbons (Fsp3) is 0.370. The van der Waals surface area contributed by atoms with E-state index in [4.69, 9.17) is 0 Å². The number of fused-ring (bicyclic) bond motifs is 1. The molecule has 1 saturated carbocycles. The Morgan fingerprint density at radius 3 is 2.52 bits per heavy atom. The second-order valence-corrected chi connectivity index (χ2v) is 9.30. The molecule has 1 N–H and O–H groups in total. The SMILES string of the molecule is C[C@@H]1CCCC[C@H]1NC(=O)[C@@H]1c2cccn2CC(=O)N1c1ccc(Cc2ccncc2)cc1. The van der Waals surface area contributed by atoms with Crippen molar-refractivity contribution in [3.05, 3.63) is 83.9 Å². The van der Waals surface area contributed by atoms with Crippen molar-refractivity contribution in [2.45, 2.75) is 57.7 Å². The van der Waals surface area contributed by atoms with E-state index < -0.39 is 6.04 Å². The van der Waals surface area contributed by atoms with Crippen LogP contribution in [0.3, 0.4) is 0 Å². The van der Waals surface area contributed by atoms with Crippen LogP contribution in [-0.2, 0) is 22.6 Å². The molecule has 3 heterocycles. The highest BCUT2D eigenvalue weighted by molar-refractivity contribution is 6.02. The lowest BCUT2D eigenvalue weighted by Crippen LogP contribution is -2.52. The highest BCUT2D eigenvalue weighted by atomic mass is 16.2. The van der Waals surface area contributed by atoms with Crippen molar-refractivity contribution in [3.63, 3.8) is 0 Å². The number of aromatic nitrogens is 2. The maximum atomic E-state index is 13.6. The number of nitrogens with one attached hydrogen (secondary N) is 1. The van der Waals surface area contributed by atoms with Gasteiger partial charge in [0.1, 0.15) is 6.54 Å². The molecular formula is C27H30N4O2. The molecular weight excluding hydrogens is 412 g/mol. The minimum absolute atomic E-state index is 0.0718. The molecule has 1 aromatic carbocycles. The molecule has 6 nitrogen and oxygen atoms in total. The van der Waals surface area contributed by atoms with Gasteiger partial charge in [-0.05, 0) is 72.7 Å². The molecule has 0 saturated heterocycles. The van der Waals surface area contributed by atoms with Gasteiger partial charge in [-0.1, -0.05) is 31.9 Å². The Hall–Kier alpha value is -3.41. The third-order valence-electron chi connectivity index (χ3n) is 7.04. The Morgan fingerprint density at radius 1 is 1.03 bits per heavy atom. The molecule has 1 fully saturated rings. The Bertz CT molecular complexity index is 1120. The largest absolute Gasteiger partial charge is 0.351 e. The average molecular weight is 443 g/mol. The molecule has 1 aliphatic heterocycles. The van der Waals surface area contributed by atoms with Gasteiger partial charge in [0.2, 0.25) is 11.8 Å². The highest BCUT2D eigenvalue weighted by Gasteiger charge is 2.39. The van der Waals surface area contributed by atoms with Gasteiger partial charge in [0, 0.05) is 30.3 Å². The predicted octanol–water partition coefficient (Wildman–Crippen LogP) is 4.26. The van der Waals surface area contributed by atoms with Crippen LogP contribution in [0.1, 0.15) is 55.5 Å². The molecule has 3 atom stereocenters. The number of hydrogen-bond donors (Lipinski definition) is 1. The van der Waals surface area contributed by atoms with E-state index in [1.54, 1.807) is 17.3 Å². The third kappa shape index (κ3) is 4.42. The summed E-state index contributed by atoms with van der Waals surface area (Å²) in [7, 11) is 0. The number of benzene rings is 1. The van der Waals surface area contributed by atoms with Gasteiger partial charge < -0.3 is 9.88 Å². The van der Waals surface area contributed by atoms with Gasteiger partial charge in [-0.25, -0.2) is 0 Å². The number of rotatable bonds is 5. The van der Waals surface area contributed by atoms with Crippen LogP contribution in [0.25, 0.3) is 0 Å². The zero-order valence-electron chi connectivity index (χ0n) is 19.0. The molecule has 170 valence electrons. The normalized spacial score (nSPS) is 22.6. The fourth-order valence-corrected chi connectivity index (χ4v) is 5.17. The van der Waals surface area contributed by atoms with Crippen LogP contribution in [0.15, 0.2) is 67.1 Å². The fourth-order valence-electron chi connectivity index (χ4n) is 5.17. The van der Waals surface area contributed by atoms with Crippen molar-refractivity contribution in [3.8, 4) is 0 Å². The van der Waals surface area contributed by atoms with Gasteiger partial charge in [-0.2, -0.15) is 0 Å². The van der Waals surface area contributed by atoms with Gasteiger partial charge in [0.25, 0.3) is 0 Å². The first-order valence-electron chi connectivity index (χ1n) is 11.9.